The molecular weight excluding hydrogens is 218 g/mol. The molecule has 4 heteroatoms. The van der Waals surface area contributed by atoms with Crippen LogP contribution in [0.4, 0.5) is 5.69 Å². The highest BCUT2D eigenvalue weighted by molar-refractivity contribution is 6.18. The van der Waals surface area contributed by atoms with Gasteiger partial charge in [-0.25, -0.2) is 0 Å². The quantitative estimate of drug-likeness (QED) is 0.728. The highest BCUT2D eigenvalue weighted by atomic mass is 16.2. The van der Waals surface area contributed by atoms with Crippen molar-refractivity contribution in [1.29, 1.82) is 0 Å². The zero-order chi connectivity index (χ0) is 12.6. The van der Waals surface area contributed by atoms with Crippen LogP contribution in [0.15, 0.2) is 18.2 Å². The molecule has 1 aromatic carbocycles. The van der Waals surface area contributed by atoms with Crippen LogP contribution in [0.2, 0.25) is 0 Å². The number of ketones is 1. The molecule has 0 aromatic heterocycles. The predicted octanol–water partition coefficient (Wildman–Crippen LogP) is 1.71. The van der Waals surface area contributed by atoms with Gasteiger partial charge in [-0.3, -0.25) is 19.3 Å². The molecule has 0 radical (unpaired) electrons. The molecule has 1 aliphatic rings. The van der Waals surface area contributed by atoms with Crippen molar-refractivity contribution in [3.8, 4) is 0 Å². The van der Waals surface area contributed by atoms with Gasteiger partial charge < -0.3 is 0 Å². The first-order valence-electron chi connectivity index (χ1n) is 5.54. The van der Waals surface area contributed by atoms with Gasteiger partial charge in [0.2, 0.25) is 11.8 Å². The van der Waals surface area contributed by atoms with Crippen LogP contribution in [0, 0.1) is 0 Å². The Bertz CT molecular complexity index is 519. The monoisotopic (exact) mass is 231 g/mol. The van der Waals surface area contributed by atoms with E-state index in [-0.39, 0.29) is 24.0 Å². The van der Waals surface area contributed by atoms with E-state index in [1.165, 1.54) is 6.92 Å². The van der Waals surface area contributed by atoms with Crippen LogP contribution in [-0.4, -0.2) is 17.6 Å². The number of amides is 2. The van der Waals surface area contributed by atoms with Crippen LogP contribution in [0.5, 0.6) is 0 Å². The molecule has 1 aliphatic heterocycles. The minimum Gasteiger partial charge on any atom is -0.294 e. The summed E-state index contributed by atoms with van der Waals surface area (Å²) in [4.78, 5) is 35.7. The van der Waals surface area contributed by atoms with Gasteiger partial charge in [-0.05, 0) is 23.8 Å². The van der Waals surface area contributed by atoms with Crippen molar-refractivity contribution in [1.82, 2.24) is 0 Å². The van der Waals surface area contributed by atoms with Gasteiger partial charge >= 0.3 is 0 Å². The Balaban J connectivity index is 2.44. The molecule has 2 amide bonds. The lowest BCUT2D eigenvalue weighted by Crippen LogP contribution is -2.31. The van der Waals surface area contributed by atoms with Crippen molar-refractivity contribution >= 4 is 23.3 Å². The van der Waals surface area contributed by atoms with Crippen LogP contribution >= 0.6 is 0 Å². The summed E-state index contributed by atoms with van der Waals surface area (Å²) in [5.74, 6) is -0.474. The van der Waals surface area contributed by atoms with Crippen molar-refractivity contribution in [2.24, 2.45) is 0 Å². The van der Waals surface area contributed by atoms with Crippen molar-refractivity contribution in [2.75, 3.05) is 4.90 Å². The fourth-order valence-electron chi connectivity index (χ4n) is 2.04. The molecular formula is C13H13NO3. The van der Waals surface area contributed by atoms with Crippen molar-refractivity contribution in [2.45, 2.75) is 26.7 Å². The number of benzene rings is 1. The van der Waals surface area contributed by atoms with E-state index < -0.39 is 0 Å². The lowest BCUT2D eigenvalue weighted by atomic mass is 10.0. The highest BCUT2D eigenvalue weighted by Gasteiger charge is 2.30. The fraction of sp³-hybridized carbons (Fsp3) is 0.308. The lowest BCUT2D eigenvalue weighted by Gasteiger charge is -2.12. The Morgan fingerprint density at radius 1 is 1.35 bits per heavy atom. The topological polar surface area (TPSA) is 54.5 Å². The first-order chi connectivity index (χ1) is 8.04. The molecule has 1 aromatic rings. The predicted molar refractivity (Wildman–Crippen MR) is 62.9 cm³/mol. The van der Waals surface area contributed by atoms with Crippen molar-refractivity contribution in [3.63, 3.8) is 0 Å². The molecule has 0 fully saturated rings. The first kappa shape index (κ1) is 11.5. The van der Waals surface area contributed by atoms with Gasteiger partial charge in [-0.1, -0.05) is 6.92 Å². The minimum absolute atomic E-state index is 0.0431. The standard InChI is InChI=1S/C13H13NO3/c1-3-12(16)9-4-5-11-10(6-9)7-13(17)14(11)8(2)15/h4-6H,3,7H2,1-2H3. The molecule has 88 valence electrons. The summed E-state index contributed by atoms with van der Waals surface area (Å²) in [6.45, 7) is 3.15. The van der Waals surface area contributed by atoms with Gasteiger partial charge in [0, 0.05) is 18.9 Å². The highest BCUT2D eigenvalue weighted by Crippen LogP contribution is 2.30. The Labute approximate surface area is 99.2 Å². The maximum atomic E-state index is 11.6. The zero-order valence-corrected chi connectivity index (χ0v) is 9.82. The molecule has 0 saturated carbocycles. The number of imide groups is 1. The molecule has 0 bridgehead atoms. The average molecular weight is 231 g/mol. The van der Waals surface area contributed by atoms with Gasteiger partial charge in [-0.15, -0.1) is 0 Å². The molecule has 4 nitrogen and oxygen atoms in total. The van der Waals surface area contributed by atoms with Gasteiger partial charge in [0.1, 0.15) is 0 Å². The van der Waals surface area contributed by atoms with Crippen LogP contribution < -0.4 is 4.90 Å². The number of rotatable bonds is 2. The summed E-state index contributed by atoms with van der Waals surface area (Å²) >= 11 is 0. The van der Waals surface area contributed by atoms with E-state index in [1.54, 1.807) is 25.1 Å². The number of anilines is 1. The van der Waals surface area contributed by atoms with Crippen LogP contribution in [0.25, 0.3) is 0 Å². The molecule has 0 saturated heterocycles. The Morgan fingerprint density at radius 2 is 2.06 bits per heavy atom. The molecule has 0 N–H and O–H groups in total. The molecule has 2 rings (SSSR count). The molecule has 0 unspecified atom stereocenters. The number of carbonyl (C=O) groups excluding carboxylic acids is 3. The number of nitrogens with zero attached hydrogens (tertiary/aromatic N) is 1. The van der Waals surface area contributed by atoms with E-state index in [0.717, 1.165) is 10.5 Å². The summed E-state index contributed by atoms with van der Waals surface area (Å²) in [5.41, 5.74) is 1.96. The van der Waals surface area contributed by atoms with Crippen LogP contribution in [0.1, 0.15) is 36.2 Å². The Hall–Kier alpha value is -1.97. The smallest absolute Gasteiger partial charge is 0.238 e. The maximum Gasteiger partial charge on any atom is 0.238 e. The molecule has 0 atom stereocenters. The first-order valence-corrected chi connectivity index (χ1v) is 5.54. The van der Waals surface area contributed by atoms with E-state index in [2.05, 4.69) is 0 Å². The summed E-state index contributed by atoms with van der Waals surface area (Å²) in [7, 11) is 0. The summed E-state index contributed by atoms with van der Waals surface area (Å²) < 4.78 is 0. The van der Waals surface area contributed by atoms with E-state index in [0.29, 0.717) is 17.7 Å². The number of Topliss-reactive ketones (excluding diaryl/α,β-unsaturated/α-hetero) is 1. The molecule has 17 heavy (non-hydrogen) atoms. The number of hydrogen-bond donors (Lipinski definition) is 0. The zero-order valence-electron chi connectivity index (χ0n) is 9.82. The SMILES string of the molecule is CCC(=O)c1ccc2c(c1)CC(=O)N2C(C)=O. The van der Waals surface area contributed by atoms with E-state index in [1.807, 2.05) is 0 Å². The number of carbonyl (C=O) groups is 3. The molecule has 1 heterocycles. The second-order valence-corrected chi connectivity index (χ2v) is 4.05. The maximum absolute atomic E-state index is 11.6. The van der Waals surface area contributed by atoms with E-state index in [9.17, 15) is 14.4 Å². The normalized spacial score (nSPS) is 13.8. The number of hydrogen-bond acceptors (Lipinski definition) is 3. The second-order valence-electron chi connectivity index (χ2n) is 4.05. The minimum atomic E-state index is -0.289. The Kier molecular flexibility index (Phi) is 2.79. The van der Waals surface area contributed by atoms with Gasteiger partial charge in [0.25, 0.3) is 0 Å². The van der Waals surface area contributed by atoms with Gasteiger partial charge in [0.15, 0.2) is 5.78 Å². The third kappa shape index (κ3) is 1.86. The van der Waals surface area contributed by atoms with Crippen LogP contribution in [-0.2, 0) is 16.0 Å². The van der Waals surface area contributed by atoms with Crippen molar-refractivity contribution < 1.29 is 14.4 Å². The molecule has 0 aliphatic carbocycles. The van der Waals surface area contributed by atoms with Crippen molar-refractivity contribution in [3.05, 3.63) is 29.3 Å². The average Bonchev–Trinajstić information content (AvgIpc) is 2.62. The fourth-order valence-corrected chi connectivity index (χ4v) is 2.04. The molecule has 0 spiro atoms. The third-order valence-electron chi connectivity index (χ3n) is 2.87. The van der Waals surface area contributed by atoms with Gasteiger partial charge in [0.05, 0.1) is 12.1 Å². The Morgan fingerprint density at radius 3 is 2.65 bits per heavy atom. The summed E-state index contributed by atoms with van der Waals surface area (Å²) in [6.07, 6.45) is 0.628. The van der Waals surface area contributed by atoms with E-state index >= 15 is 0 Å². The van der Waals surface area contributed by atoms with Crippen LogP contribution in [0.3, 0.4) is 0 Å². The largest absolute Gasteiger partial charge is 0.294 e. The third-order valence-corrected chi connectivity index (χ3v) is 2.87. The van der Waals surface area contributed by atoms with Gasteiger partial charge in [-0.2, -0.15) is 0 Å². The second kappa shape index (κ2) is 4.13. The van der Waals surface area contributed by atoms with E-state index in [4.69, 9.17) is 0 Å². The lowest BCUT2D eigenvalue weighted by molar-refractivity contribution is -0.124. The number of fused-ring (bicyclic) bond motifs is 1. The summed E-state index contributed by atoms with van der Waals surface area (Å²) in [5, 5.41) is 0. The summed E-state index contributed by atoms with van der Waals surface area (Å²) in [6, 6.07) is 5.05.